The Labute approximate surface area is 142 Å². The van der Waals surface area contributed by atoms with Gasteiger partial charge in [-0.05, 0) is 67.5 Å². The van der Waals surface area contributed by atoms with Crippen LogP contribution in [0.3, 0.4) is 0 Å². The standard InChI is InChI=1S/C19H20FNO2S/c1-13-12-15(20)7-11-19(13)24(22,23)21(16-8-9-16)18-10-6-14-4-2-3-5-17(14)18/h2-5,7,11-12,16,18H,6,8-10H2,1H3/t18-/m0/s1. The van der Waals surface area contributed by atoms with E-state index in [1.165, 1.54) is 23.8 Å². The number of benzene rings is 2. The van der Waals surface area contributed by atoms with Gasteiger partial charge in [-0.3, -0.25) is 0 Å². The number of halogens is 1. The van der Waals surface area contributed by atoms with E-state index in [2.05, 4.69) is 6.07 Å². The third kappa shape index (κ3) is 2.56. The van der Waals surface area contributed by atoms with E-state index in [-0.39, 0.29) is 17.0 Å². The zero-order valence-corrected chi connectivity index (χ0v) is 14.4. The Morgan fingerprint density at radius 1 is 1.08 bits per heavy atom. The Kier molecular flexibility index (Phi) is 3.73. The number of hydrogen-bond donors (Lipinski definition) is 0. The van der Waals surface area contributed by atoms with Crippen molar-refractivity contribution < 1.29 is 12.8 Å². The summed E-state index contributed by atoms with van der Waals surface area (Å²) in [7, 11) is -3.64. The lowest BCUT2D eigenvalue weighted by molar-refractivity contribution is 0.314. The summed E-state index contributed by atoms with van der Waals surface area (Å²) < 4.78 is 41.8. The highest BCUT2D eigenvalue weighted by Gasteiger charge is 2.45. The smallest absolute Gasteiger partial charge is 0.207 e. The molecule has 0 unspecified atom stereocenters. The molecule has 0 N–H and O–H groups in total. The number of fused-ring (bicyclic) bond motifs is 1. The number of nitrogens with zero attached hydrogens (tertiary/aromatic N) is 1. The van der Waals surface area contributed by atoms with Gasteiger partial charge in [-0.1, -0.05) is 24.3 Å². The van der Waals surface area contributed by atoms with Gasteiger partial charge in [0.2, 0.25) is 10.0 Å². The summed E-state index contributed by atoms with van der Waals surface area (Å²) in [4.78, 5) is 0.222. The highest BCUT2D eigenvalue weighted by atomic mass is 32.2. The molecule has 0 amide bonds. The van der Waals surface area contributed by atoms with Crippen molar-refractivity contribution in [1.29, 1.82) is 0 Å². The Balaban J connectivity index is 1.79. The van der Waals surface area contributed by atoms with Crippen LogP contribution in [0.25, 0.3) is 0 Å². The van der Waals surface area contributed by atoms with Gasteiger partial charge in [0.25, 0.3) is 0 Å². The Morgan fingerprint density at radius 3 is 2.54 bits per heavy atom. The molecule has 3 nitrogen and oxygen atoms in total. The maximum atomic E-state index is 13.4. The second kappa shape index (κ2) is 5.67. The minimum Gasteiger partial charge on any atom is -0.207 e. The Hall–Kier alpha value is -1.72. The predicted octanol–water partition coefficient (Wildman–Crippen LogP) is 3.97. The molecule has 0 aliphatic heterocycles. The van der Waals surface area contributed by atoms with Gasteiger partial charge in [-0.2, -0.15) is 4.31 Å². The van der Waals surface area contributed by atoms with E-state index in [1.807, 2.05) is 18.2 Å². The fraction of sp³-hybridized carbons (Fsp3) is 0.368. The van der Waals surface area contributed by atoms with Crippen molar-refractivity contribution in [3.8, 4) is 0 Å². The van der Waals surface area contributed by atoms with Crippen molar-refractivity contribution >= 4 is 10.0 Å². The first-order valence-corrected chi connectivity index (χ1v) is 9.80. The van der Waals surface area contributed by atoms with E-state index in [0.29, 0.717) is 5.56 Å². The van der Waals surface area contributed by atoms with Crippen LogP contribution in [-0.2, 0) is 16.4 Å². The summed E-state index contributed by atoms with van der Waals surface area (Å²) in [5, 5.41) is 0. The molecule has 1 fully saturated rings. The predicted molar refractivity (Wildman–Crippen MR) is 90.7 cm³/mol. The Bertz CT molecular complexity index is 890. The van der Waals surface area contributed by atoms with Crippen molar-refractivity contribution in [2.24, 2.45) is 0 Å². The van der Waals surface area contributed by atoms with Gasteiger partial charge >= 0.3 is 0 Å². The minimum atomic E-state index is -3.64. The maximum absolute atomic E-state index is 13.4. The molecule has 0 aromatic heterocycles. The molecular weight excluding hydrogens is 325 g/mol. The molecule has 0 heterocycles. The van der Waals surface area contributed by atoms with Crippen LogP contribution in [-0.4, -0.2) is 18.8 Å². The van der Waals surface area contributed by atoms with E-state index >= 15 is 0 Å². The van der Waals surface area contributed by atoms with Gasteiger partial charge in [0.15, 0.2) is 0 Å². The lowest BCUT2D eigenvalue weighted by Gasteiger charge is -2.29. The van der Waals surface area contributed by atoms with Crippen LogP contribution >= 0.6 is 0 Å². The summed E-state index contributed by atoms with van der Waals surface area (Å²) in [5.41, 5.74) is 2.82. The number of hydrogen-bond acceptors (Lipinski definition) is 2. The van der Waals surface area contributed by atoms with Gasteiger partial charge in [0.05, 0.1) is 10.9 Å². The zero-order chi connectivity index (χ0) is 16.9. The monoisotopic (exact) mass is 345 g/mol. The minimum absolute atomic E-state index is 0.0654. The van der Waals surface area contributed by atoms with Crippen molar-refractivity contribution in [1.82, 2.24) is 4.31 Å². The van der Waals surface area contributed by atoms with E-state index in [9.17, 15) is 12.8 Å². The quantitative estimate of drug-likeness (QED) is 0.841. The van der Waals surface area contributed by atoms with E-state index in [1.54, 1.807) is 11.2 Å². The second-order valence-corrected chi connectivity index (χ2v) is 8.54. The fourth-order valence-electron chi connectivity index (χ4n) is 3.76. The van der Waals surface area contributed by atoms with Gasteiger partial charge in [0.1, 0.15) is 5.82 Å². The van der Waals surface area contributed by atoms with Gasteiger partial charge in [0, 0.05) is 6.04 Å². The van der Waals surface area contributed by atoms with E-state index in [0.717, 1.165) is 31.2 Å². The molecule has 5 heteroatoms. The molecular formula is C19H20FNO2S. The highest BCUT2D eigenvalue weighted by molar-refractivity contribution is 7.89. The molecule has 24 heavy (non-hydrogen) atoms. The second-order valence-electron chi connectivity index (χ2n) is 6.73. The first kappa shape index (κ1) is 15.8. The lowest BCUT2D eigenvalue weighted by atomic mass is 10.1. The average Bonchev–Trinajstić information content (AvgIpc) is 3.27. The SMILES string of the molecule is Cc1cc(F)ccc1S(=O)(=O)N(C1CC1)[C@H]1CCc2ccccc21. The molecule has 0 saturated heterocycles. The van der Waals surface area contributed by atoms with Crippen LogP contribution in [0.2, 0.25) is 0 Å². The molecule has 126 valence electrons. The molecule has 0 spiro atoms. The molecule has 2 aliphatic carbocycles. The fourth-order valence-corrected chi connectivity index (χ4v) is 5.85. The molecule has 0 bridgehead atoms. The largest absolute Gasteiger partial charge is 0.244 e. The molecule has 1 atom stereocenters. The van der Waals surface area contributed by atoms with Crippen LogP contribution in [0.15, 0.2) is 47.4 Å². The summed E-state index contributed by atoms with van der Waals surface area (Å²) in [6.07, 6.45) is 3.52. The van der Waals surface area contributed by atoms with Crippen molar-refractivity contribution in [2.45, 2.75) is 49.6 Å². The Morgan fingerprint density at radius 2 is 1.83 bits per heavy atom. The topological polar surface area (TPSA) is 37.4 Å². The van der Waals surface area contributed by atoms with Gasteiger partial charge < -0.3 is 0 Å². The average molecular weight is 345 g/mol. The normalized spacial score (nSPS) is 20.4. The zero-order valence-electron chi connectivity index (χ0n) is 13.6. The highest BCUT2D eigenvalue weighted by Crippen LogP contribution is 2.45. The van der Waals surface area contributed by atoms with Crippen LogP contribution in [0.5, 0.6) is 0 Å². The van der Waals surface area contributed by atoms with E-state index in [4.69, 9.17) is 0 Å². The van der Waals surface area contributed by atoms with Crippen molar-refractivity contribution in [2.75, 3.05) is 0 Å². The molecule has 2 aromatic carbocycles. The summed E-state index contributed by atoms with van der Waals surface area (Å²) in [6.45, 7) is 1.66. The van der Waals surface area contributed by atoms with Crippen LogP contribution in [0.1, 0.15) is 42.0 Å². The lowest BCUT2D eigenvalue weighted by Crippen LogP contribution is -2.36. The number of rotatable bonds is 4. The summed E-state index contributed by atoms with van der Waals surface area (Å²) >= 11 is 0. The van der Waals surface area contributed by atoms with Crippen molar-refractivity contribution in [3.63, 3.8) is 0 Å². The molecule has 2 aliphatic rings. The molecule has 1 saturated carbocycles. The first-order chi connectivity index (χ1) is 11.5. The first-order valence-electron chi connectivity index (χ1n) is 8.36. The van der Waals surface area contributed by atoms with Crippen LogP contribution < -0.4 is 0 Å². The number of aryl methyl sites for hydroxylation is 2. The molecule has 2 aromatic rings. The third-order valence-corrected chi connectivity index (χ3v) is 7.13. The molecule has 0 radical (unpaired) electrons. The summed E-state index contributed by atoms with van der Waals surface area (Å²) in [5.74, 6) is -0.407. The number of sulfonamides is 1. The third-order valence-electron chi connectivity index (χ3n) is 5.01. The maximum Gasteiger partial charge on any atom is 0.244 e. The van der Waals surface area contributed by atoms with Gasteiger partial charge in [-0.25, -0.2) is 12.8 Å². The van der Waals surface area contributed by atoms with E-state index < -0.39 is 15.8 Å². The van der Waals surface area contributed by atoms with Crippen LogP contribution in [0, 0.1) is 12.7 Å². The molecule has 4 rings (SSSR count). The summed E-state index contributed by atoms with van der Waals surface area (Å²) in [6, 6.07) is 12.0. The van der Waals surface area contributed by atoms with Crippen LogP contribution in [0.4, 0.5) is 4.39 Å². The van der Waals surface area contributed by atoms with Crippen molar-refractivity contribution in [3.05, 3.63) is 65.0 Å². The van der Waals surface area contributed by atoms with Gasteiger partial charge in [-0.15, -0.1) is 0 Å².